The molecule has 0 saturated heterocycles. The van der Waals surface area contributed by atoms with Crippen molar-refractivity contribution < 1.29 is 9.63 Å². The van der Waals surface area contributed by atoms with Gasteiger partial charge in [-0.1, -0.05) is 12.2 Å². The summed E-state index contributed by atoms with van der Waals surface area (Å²) in [7, 11) is 1.42. The third-order valence-corrected chi connectivity index (χ3v) is 0.471. The maximum absolute atomic E-state index is 6.92. The first-order valence-corrected chi connectivity index (χ1v) is 2.98. The van der Waals surface area contributed by atoms with E-state index in [4.69, 9.17) is 9.63 Å². The van der Waals surface area contributed by atoms with Crippen LogP contribution in [-0.4, -0.2) is 18.1 Å². The van der Waals surface area contributed by atoms with E-state index in [-0.39, 0.29) is 0 Å². The lowest BCUT2D eigenvalue weighted by Crippen LogP contribution is -1.87. The number of hydrogen-bond acceptors (Lipinski definition) is 2. The molecule has 0 aromatic rings. The zero-order valence-electron chi connectivity index (χ0n) is 5.42. The van der Waals surface area contributed by atoms with Gasteiger partial charge in [-0.3, -0.25) is 0 Å². The van der Waals surface area contributed by atoms with Gasteiger partial charge >= 0.3 is 0 Å². The van der Waals surface area contributed by atoms with Gasteiger partial charge in [0.1, 0.15) is 0 Å². The van der Waals surface area contributed by atoms with Crippen LogP contribution in [-0.2, 0) is 4.74 Å². The second-order valence-electron chi connectivity index (χ2n) is 1.11. The van der Waals surface area contributed by atoms with Gasteiger partial charge in [0.15, 0.2) is 0 Å². The minimum atomic E-state index is 0.617. The third-order valence-electron chi connectivity index (χ3n) is 0.471. The smallest absolute Gasteiger partial charge is 0.0649 e. The second-order valence-corrected chi connectivity index (χ2v) is 1.11. The zero-order chi connectivity index (χ0) is 7.54. The van der Waals surface area contributed by atoms with Crippen molar-refractivity contribution >= 4 is 9.47 Å². The molecule has 0 bridgehead atoms. The Bertz CT molecular complexity index is 56.1. The summed E-state index contributed by atoms with van der Waals surface area (Å²) < 4.78 is 4.90. The predicted octanol–water partition coefficient (Wildman–Crippen LogP) is 1.14. The van der Waals surface area contributed by atoms with Crippen LogP contribution >= 0.6 is 9.47 Å². The minimum Gasteiger partial charge on any atom is -0.380 e. The molecule has 54 valence electrons. The summed E-state index contributed by atoms with van der Waals surface area (Å²) in [5.41, 5.74) is 0. The van der Waals surface area contributed by atoms with Gasteiger partial charge in [-0.15, -0.1) is 13.2 Å². The number of hydrogen-bond donors (Lipinski definition) is 1. The molecule has 0 aliphatic carbocycles. The van der Waals surface area contributed by atoms with Gasteiger partial charge in [0.25, 0.3) is 0 Å². The molecule has 1 atom stereocenters. The van der Waals surface area contributed by atoms with Crippen molar-refractivity contribution in [2.24, 2.45) is 0 Å². The van der Waals surface area contributed by atoms with Crippen molar-refractivity contribution in [3.63, 3.8) is 0 Å². The lowest BCUT2D eigenvalue weighted by molar-refractivity contribution is 0.194. The molecule has 0 saturated carbocycles. The van der Waals surface area contributed by atoms with E-state index in [2.05, 4.69) is 13.2 Å². The average molecular weight is 148 g/mol. The highest BCUT2D eigenvalue weighted by molar-refractivity contribution is 7.08. The van der Waals surface area contributed by atoms with E-state index in [9.17, 15) is 0 Å². The third kappa shape index (κ3) is 18.1. The SMILES string of the molecule is C=CCOCC=C.OP. The van der Waals surface area contributed by atoms with Crippen LogP contribution in [0, 0.1) is 0 Å². The normalized spacial score (nSPS) is 6.89. The van der Waals surface area contributed by atoms with E-state index in [1.54, 1.807) is 12.2 Å². The van der Waals surface area contributed by atoms with Gasteiger partial charge in [0.05, 0.1) is 13.2 Å². The fraction of sp³-hybridized carbons (Fsp3) is 0.333. The molecule has 0 aromatic heterocycles. The van der Waals surface area contributed by atoms with Crippen LogP contribution in [0.2, 0.25) is 0 Å². The van der Waals surface area contributed by atoms with Gasteiger partial charge < -0.3 is 9.63 Å². The Morgan fingerprint density at radius 1 is 1.22 bits per heavy atom. The molecule has 1 N–H and O–H groups in total. The van der Waals surface area contributed by atoms with E-state index < -0.39 is 0 Å². The van der Waals surface area contributed by atoms with Crippen LogP contribution in [0.5, 0.6) is 0 Å². The number of ether oxygens (including phenoxy) is 1. The topological polar surface area (TPSA) is 29.5 Å². The molecule has 0 aliphatic rings. The predicted molar refractivity (Wildman–Crippen MR) is 43.1 cm³/mol. The molecule has 0 spiro atoms. The summed E-state index contributed by atoms with van der Waals surface area (Å²) in [6, 6.07) is 0. The van der Waals surface area contributed by atoms with Crippen LogP contribution in [0.3, 0.4) is 0 Å². The van der Waals surface area contributed by atoms with E-state index in [0.29, 0.717) is 13.2 Å². The average Bonchev–Trinajstić information content (AvgIpc) is 1.94. The Labute approximate surface area is 58.5 Å². The second kappa shape index (κ2) is 15.7. The Hall–Kier alpha value is -0.170. The molecule has 0 fully saturated rings. The van der Waals surface area contributed by atoms with E-state index >= 15 is 0 Å². The van der Waals surface area contributed by atoms with Crippen molar-refractivity contribution in [3.8, 4) is 0 Å². The zero-order valence-corrected chi connectivity index (χ0v) is 6.57. The van der Waals surface area contributed by atoms with Crippen molar-refractivity contribution in [2.75, 3.05) is 13.2 Å². The molecule has 1 unspecified atom stereocenters. The molecule has 0 rings (SSSR count). The largest absolute Gasteiger partial charge is 0.380 e. The fourth-order valence-electron chi connectivity index (χ4n) is 0.235. The van der Waals surface area contributed by atoms with Gasteiger partial charge in [0.2, 0.25) is 0 Å². The van der Waals surface area contributed by atoms with Gasteiger partial charge in [0, 0.05) is 0 Å². The Kier molecular flexibility index (Phi) is 20.2. The molecule has 0 amide bonds. The summed E-state index contributed by atoms with van der Waals surface area (Å²) in [5, 5.41) is 0. The molecule has 0 heterocycles. The van der Waals surface area contributed by atoms with E-state index in [1.807, 2.05) is 0 Å². The molecule has 9 heavy (non-hydrogen) atoms. The van der Waals surface area contributed by atoms with Crippen molar-refractivity contribution in [1.82, 2.24) is 0 Å². The van der Waals surface area contributed by atoms with Crippen molar-refractivity contribution in [3.05, 3.63) is 25.3 Å². The van der Waals surface area contributed by atoms with Gasteiger partial charge in [-0.05, 0) is 9.47 Å². The molecular formula is C6H13O2P. The van der Waals surface area contributed by atoms with Crippen LogP contribution < -0.4 is 0 Å². The molecule has 2 nitrogen and oxygen atoms in total. The first kappa shape index (κ1) is 11.6. The lowest BCUT2D eigenvalue weighted by atomic mass is 10.6. The molecule has 3 heteroatoms. The Morgan fingerprint density at radius 3 is 1.78 bits per heavy atom. The molecular weight excluding hydrogens is 135 g/mol. The van der Waals surface area contributed by atoms with Gasteiger partial charge in [-0.25, -0.2) is 0 Å². The first-order valence-electron chi connectivity index (χ1n) is 2.47. The standard InChI is InChI=1S/C6H10O.H3OP/c1-3-5-7-6-4-2;1-2/h3-4H,1-2,5-6H2;1H,2H2. The van der Waals surface area contributed by atoms with Crippen LogP contribution in [0.4, 0.5) is 0 Å². The maximum atomic E-state index is 6.92. The van der Waals surface area contributed by atoms with Crippen molar-refractivity contribution in [1.29, 1.82) is 0 Å². The van der Waals surface area contributed by atoms with E-state index in [0.717, 1.165) is 0 Å². The summed E-state index contributed by atoms with van der Waals surface area (Å²) in [6.45, 7) is 8.18. The minimum absolute atomic E-state index is 0.617. The first-order chi connectivity index (χ1) is 4.41. The highest BCUT2D eigenvalue weighted by atomic mass is 31.0. The van der Waals surface area contributed by atoms with Crippen LogP contribution in [0.15, 0.2) is 25.3 Å². The maximum Gasteiger partial charge on any atom is 0.0649 e. The lowest BCUT2D eigenvalue weighted by Gasteiger charge is -1.89. The summed E-state index contributed by atoms with van der Waals surface area (Å²) in [4.78, 5) is 6.92. The van der Waals surface area contributed by atoms with Crippen LogP contribution in [0.25, 0.3) is 0 Å². The highest BCUT2D eigenvalue weighted by Crippen LogP contribution is 1.72. The van der Waals surface area contributed by atoms with Crippen molar-refractivity contribution in [2.45, 2.75) is 0 Å². The summed E-state index contributed by atoms with van der Waals surface area (Å²) in [6.07, 6.45) is 3.42. The van der Waals surface area contributed by atoms with Gasteiger partial charge in [-0.2, -0.15) is 0 Å². The summed E-state index contributed by atoms with van der Waals surface area (Å²) in [5.74, 6) is 0. The highest BCUT2D eigenvalue weighted by Gasteiger charge is 1.70. The Morgan fingerprint density at radius 2 is 1.56 bits per heavy atom. The molecule has 0 radical (unpaired) electrons. The molecule has 0 aliphatic heterocycles. The Balaban J connectivity index is 0. The van der Waals surface area contributed by atoms with E-state index in [1.165, 1.54) is 9.47 Å². The quantitative estimate of drug-likeness (QED) is 0.368. The fourth-order valence-corrected chi connectivity index (χ4v) is 0.235. The monoisotopic (exact) mass is 148 g/mol. The summed E-state index contributed by atoms with van der Waals surface area (Å²) >= 11 is 0. The van der Waals surface area contributed by atoms with Crippen LogP contribution in [0.1, 0.15) is 0 Å². The number of rotatable bonds is 4. The molecule has 0 aromatic carbocycles.